The number of hydrogen-bond acceptors (Lipinski definition) is 5. The highest BCUT2D eigenvalue weighted by Crippen LogP contribution is 2.17. The minimum atomic E-state index is -0.513. The maximum atomic E-state index is 13.5. The van der Waals surface area contributed by atoms with Crippen molar-refractivity contribution in [2.45, 2.75) is 19.6 Å². The average Bonchev–Trinajstić information content (AvgIpc) is 3.23. The van der Waals surface area contributed by atoms with E-state index >= 15 is 0 Å². The Kier molecular flexibility index (Phi) is 4.59. The molecule has 25 heavy (non-hydrogen) atoms. The normalized spacial score (nSPS) is 11.9. The third-order valence-electron chi connectivity index (χ3n) is 3.36. The van der Waals surface area contributed by atoms with E-state index in [0.717, 1.165) is 0 Å². The summed E-state index contributed by atoms with van der Waals surface area (Å²) >= 11 is 0. The maximum absolute atomic E-state index is 13.5. The molecule has 3 aromatic rings. The van der Waals surface area contributed by atoms with E-state index in [1.165, 1.54) is 18.2 Å². The summed E-state index contributed by atoms with van der Waals surface area (Å²) in [4.78, 5) is 25.6. The summed E-state index contributed by atoms with van der Waals surface area (Å²) in [7, 11) is 0. The lowest BCUT2D eigenvalue weighted by Gasteiger charge is -2.08. The van der Waals surface area contributed by atoms with Gasteiger partial charge in [0.05, 0.1) is 11.7 Å². The molecule has 1 amide bonds. The number of ether oxygens (including phenoxy) is 1. The van der Waals surface area contributed by atoms with Crippen LogP contribution < -0.4 is 15.7 Å². The van der Waals surface area contributed by atoms with Gasteiger partial charge in [0, 0.05) is 0 Å². The smallest absolute Gasteiger partial charge is 0.340 e. The fourth-order valence-corrected chi connectivity index (χ4v) is 2.10. The van der Waals surface area contributed by atoms with Crippen molar-refractivity contribution in [2.24, 2.45) is 0 Å². The SMILES string of the molecule is CC(NC(=O)c1cc(COc2ccccc2F)[nH]n1)c1n[nH]c(=O)[nH]1. The van der Waals surface area contributed by atoms with Crippen molar-refractivity contribution in [3.05, 3.63) is 63.8 Å². The number of hydrogen-bond donors (Lipinski definition) is 4. The Bertz CT molecular complexity index is 931. The Hall–Kier alpha value is -3.43. The second-order valence-electron chi connectivity index (χ2n) is 5.26. The Morgan fingerprint density at radius 2 is 2.12 bits per heavy atom. The van der Waals surface area contributed by atoms with E-state index in [2.05, 4.69) is 30.7 Å². The van der Waals surface area contributed by atoms with Crippen molar-refractivity contribution in [3.63, 3.8) is 0 Å². The van der Waals surface area contributed by atoms with Gasteiger partial charge in [-0.3, -0.25) is 14.9 Å². The van der Waals surface area contributed by atoms with E-state index in [0.29, 0.717) is 11.5 Å². The molecule has 0 saturated heterocycles. The second kappa shape index (κ2) is 6.99. The summed E-state index contributed by atoms with van der Waals surface area (Å²) in [6.45, 7) is 1.70. The van der Waals surface area contributed by atoms with Crippen molar-refractivity contribution in [3.8, 4) is 5.75 Å². The summed E-state index contributed by atoms with van der Waals surface area (Å²) in [5, 5.41) is 15.2. The van der Waals surface area contributed by atoms with Crippen LogP contribution >= 0.6 is 0 Å². The molecule has 1 atom stereocenters. The molecule has 0 radical (unpaired) electrons. The van der Waals surface area contributed by atoms with Gasteiger partial charge in [-0.15, -0.1) is 0 Å². The molecule has 1 aromatic carbocycles. The number of nitrogens with one attached hydrogen (secondary N) is 4. The molecule has 0 fully saturated rings. The van der Waals surface area contributed by atoms with Gasteiger partial charge < -0.3 is 10.1 Å². The van der Waals surface area contributed by atoms with Crippen molar-refractivity contribution in [2.75, 3.05) is 0 Å². The highest BCUT2D eigenvalue weighted by Gasteiger charge is 2.17. The number of carbonyl (C=O) groups excluding carboxylic acids is 1. The molecule has 4 N–H and O–H groups in total. The Labute approximate surface area is 140 Å². The third-order valence-corrected chi connectivity index (χ3v) is 3.36. The first-order valence-electron chi connectivity index (χ1n) is 7.40. The molecule has 0 aliphatic rings. The summed E-state index contributed by atoms with van der Waals surface area (Å²) in [6, 6.07) is 7.00. The summed E-state index contributed by atoms with van der Waals surface area (Å²) < 4.78 is 18.8. The van der Waals surface area contributed by atoms with E-state index in [4.69, 9.17) is 4.74 Å². The molecule has 0 saturated carbocycles. The molecule has 130 valence electrons. The summed E-state index contributed by atoms with van der Waals surface area (Å²) in [6.07, 6.45) is 0. The molecule has 0 aliphatic heterocycles. The van der Waals surface area contributed by atoms with E-state index in [9.17, 15) is 14.0 Å². The van der Waals surface area contributed by atoms with Crippen LogP contribution in [0, 0.1) is 5.82 Å². The lowest BCUT2D eigenvalue weighted by atomic mass is 10.3. The minimum Gasteiger partial charge on any atom is -0.484 e. The topological polar surface area (TPSA) is 129 Å². The van der Waals surface area contributed by atoms with E-state index in [1.807, 2.05) is 0 Å². The number of nitrogens with zero attached hydrogens (tertiary/aromatic N) is 2. The first-order chi connectivity index (χ1) is 12.0. The van der Waals surface area contributed by atoms with Crippen LogP contribution in [0.15, 0.2) is 35.1 Å². The van der Waals surface area contributed by atoms with E-state index in [-0.39, 0.29) is 18.1 Å². The first-order valence-corrected chi connectivity index (χ1v) is 7.40. The molecule has 2 heterocycles. The zero-order valence-electron chi connectivity index (χ0n) is 13.2. The lowest BCUT2D eigenvalue weighted by molar-refractivity contribution is 0.0933. The standard InChI is InChI=1S/C15H15FN6O3/c1-8(13-18-15(24)22-21-13)17-14(23)11-6-9(19-20-11)7-25-12-5-3-2-4-10(12)16/h2-6,8H,7H2,1H3,(H,17,23)(H,19,20)(H2,18,21,22,24). The molecule has 10 heteroatoms. The number of para-hydroxylation sites is 1. The maximum Gasteiger partial charge on any atom is 0.340 e. The van der Waals surface area contributed by atoms with Crippen molar-refractivity contribution in [1.29, 1.82) is 0 Å². The number of aromatic nitrogens is 5. The van der Waals surface area contributed by atoms with Crippen LogP contribution in [0.3, 0.4) is 0 Å². The van der Waals surface area contributed by atoms with Gasteiger partial charge in [-0.1, -0.05) is 12.1 Å². The Balaban J connectivity index is 1.59. The average molecular weight is 346 g/mol. The van der Waals surface area contributed by atoms with Crippen LogP contribution in [0.1, 0.15) is 35.0 Å². The van der Waals surface area contributed by atoms with E-state index in [1.54, 1.807) is 19.1 Å². The lowest BCUT2D eigenvalue weighted by Crippen LogP contribution is -2.27. The summed E-state index contributed by atoms with van der Waals surface area (Å²) in [5.41, 5.74) is 0.189. The van der Waals surface area contributed by atoms with Gasteiger partial charge in [-0.25, -0.2) is 14.3 Å². The largest absolute Gasteiger partial charge is 0.484 e. The van der Waals surface area contributed by atoms with Crippen LogP contribution in [0.25, 0.3) is 0 Å². The van der Waals surface area contributed by atoms with E-state index < -0.39 is 23.5 Å². The molecule has 9 nitrogen and oxygen atoms in total. The van der Waals surface area contributed by atoms with Crippen LogP contribution in [-0.2, 0) is 6.61 Å². The zero-order valence-corrected chi connectivity index (χ0v) is 13.2. The quantitative estimate of drug-likeness (QED) is 0.530. The number of benzene rings is 1. The molecule has 3 rings (SSSR count). The second-order valence-corrected chi connectivity index (χ2v) is 5.26. The molecule has 0 bridgehead atoms. The fourth-order valence-electron chi connectivity index (χ4n) is 2.10. The highest BCUT2D eigenvalue weighted by molar-refractivity contribution is 5.92. The van der Waals surface area contributed by atoms with Gasteiger partial charge in [0.2, 0.25) is 0 Å². The fraction of sp³-hybridized carbons (Fsp3) is 0.200. The predicted octanol–water partition coefficient (Wildman–Crippen LogP) is 1.03. The molecule has 0 aliphatic carbocycles. The predicted molar refractivity (Wildman–Crippen MR) is 84.4 cm³/mol. The van der Waals surface area contributed by atoms with Crippen LogP contribution in [0.5, 0.6) is 5.75 Å². The molecule has 2 aromatic heterocycles. The van der Waals surface area contributed by atoms with Crippen LogP contribution in [0.4, 0.5) is 4.39 Å². The Morgan fingerprint density at radius 1 is 1.32 bits per heavy atom. The van der Waals surface area contributed by atoms with Gasteiger partial charge >= 0.3 is 5.69 Å². The van der Waals surface area contributed by atoms with Gasteiger partial charge in [0.25, 0.3) is 5.91 Å². The summed E-state index contributed by atoms with van der Waals surface area (Å²) in [5.74, 6) is -0.511. The molecular formula is C15H15FN6O3. The van der Waals surface area contributed by atoms with Gasteiger partial charge in [0.1, 0.15) is 12.3 Å². The van der Waals surface area contributed by atoms with Crippen molar-refractivity contribution >= 4 is 5.91 Å². The number of aromatic amines is 3. The minimum absolute atomic E-state index is 0.0312. The zero-order chi connectivity index (χ0) is 17.8. The first kappa shape index (κ1) is 16.4. The van der Waals surface area contributed by atoms with Crippen LogP contribution in [0.2, 0.25) is 0 Å². The number of amides is 1. The van der Waals surface area contributed by atoms with Crippen molar-refractivity contribution < 1.29 is 13.9 Å². The van der Waals surface area contributed by atoms with Crippen LogP contribution in [-0.4, -0.2) is 31.3 Å². The Morgan fingerprint density at radius 3 is 2.84 bits per heavy atom. The van der Waals surface area contributed by atoms with Crippen molar-refractivity contribution in [1.82, 2.24) is 30.7 Å². The number of H-pyrrole nitrogens is 3. The van der Waals surface area contributed by atoms with Gasteiger partial charge in [-0.2, -0.15) is 10.2 Å². The van der Waals surface area contributed by atoms with Gasteiger partial charge in [0.15, 0.2) is 17.4 Å². The molecular weight excluding hydrogens is 331 g/mol. The molecule has 0 spiro atoms. The third kappa shape index (κ3) is 3.91. The number of carbonyl (C=O) groups is 1. The van der Waals surface area contributed by atoms with Gasteiger partial charge in [-0.05, 0) is 25.1 Å². The number of halogens is 1. The monoisotopic (exact) mass is 346 g/mol. The molecule has 1 unspecified atom stereocenters. The highest BCUT2D eigenvalue weighted by atomic mass is 19.1. The number of rotatable bonds is 6.